The Kier molecular flexibility index (Phi) is 7.59. The molecule has 154 valence electrons. The van der Waals surface area contributed by atoms with E-state index in [0.717, 1.165) is 72.8 Å². The second-order valence-corrected chi connectivity index (χ2v) is 7.69. The van der Waals surface area contributed by atoms with Gasteiger partial charge in [0, 0.05) is 23.7 Å². The van der Waals surface area contributed by atoms with Crippen LogP contribution in [-0.2, 0) is 0 Å². The Bertz CT molecular complexity index is 884. The van der Waals surface area contributed by atoms with Crippen molar-refractivity contribution in [3.05, 3.63) is 59.6 Å². The van der Waals surface area contributed by atoms with E-state index in [1.807, 2.05) is 24.3 Å². The van der Waals surface area contributed by atoms with Gasteiger partial charge in [0.15, 0.2) is 17.9 Å². The van der Waals surface area contributed by atoms with Gasteiger partial charge >= 0.3 is 0 Å². The molecule has 0 N–H and O–H groups in total. The molecule has 0 spiro atoms. The summed E-state index contributed by atoms with van der Waals surface area (Å²) < 4.78 is 11.9. The predicted molar refractivity (Wildman–Crippen MR) is 120 cm³/mol. The van der Waals surface area contributed by atoms with Crippen LogP contribution in [-0.4, -0.2) is 18.1 Å². The first kappa shape index (κ1) is 21.3. The molecule has 0 bridgehead atoms. The van der Waals surface area contributed by atoms with E-state index in [1.54, 1.807) is 6.20 Å². The molecule has 29 heavy (non-hydrogen) atoms. The van der Waals surface area contributed by atoms with Gasteiger partial charge in [-0.2, -0.15) is 0 Å². The number of nitrogens with zero attached hydrogens (tertiary/aromatic N) is 2. The summed E-state index contributed by atoms with van der Waals surface area (Å²) in [7, 11) is 0. The molecule has 2 aromatic carbocycles. The van der Waals surface area contributed by atoms with Crippen LogP contribution in [0.15, 0.2) is 53.4 Å². The van der Waals surface area contributed by atoms with E-state index in [0.29, 0.717) is 5.02 Å². The highest BCUT2D eigenvalue weighted by molar-refractivity contribution is 6.30. The first-order valence-corrected chi connectivity index (χ1v) is 10.7. The van der Waals surface area contributed by atoms with E-state index in [9.17, 15) is 0 Å². The number of hydrogen-bond donors (Lipinski definition) is 0. The van der Waals surface area contributed by atoms with Crippen molar-refractivity contribution >= 4 is 17.3 Å². The normalized spacial score (nSPS) is 10.9. The van der Waals surface area contributed by atoms with Gasteiger partial charge < -0.3 is 14.1 Å². The van der Waals surface area contributed by atoms with E-state index in [2.05, 4.69) is 42.8 Å². The molecule has 0 radical (unpaired) electrons. The Balaban J connectivity index is 2.05. The number of aryl methyl sites for hydroxylation is 1. The number of ether oxygens (including phenoxy) is 1. The zero-order chi connectivity index (χ0) is 20.6. The third-order valence-corrected chi connectivity index (χ3v) is 5.16. The topological polar surface area (TPSA) is 38.5 Å². The van der Waals surface area contributed by atoms with Crippen molar-refractivity contribution in [2.75, 3.05) is 18.0 Å². The van der Waals surface area contributed by atoms with Crippen molar-refractivity contribution in [2.24, 2.45) is 0 Å². The van der Waals surface area contributed by atoms with Gasteiger partial charge in [0.05, 0.1) is 11.9 Å². The number of unbranched alkanes of at least 4 members (excludes halogenated alkanes) is 2. The van der Waals surface area contributed by atoms with Crippen LogP contribution < -0.4 is 9.64 Å². The second-order valence-electron chi connectivity index (χ2n) is 7.26. The van der Waals surface area contributed by atoms with Crippen LogP contribution in [0.2, 0.25) is 5.02 Å². The first-order chi connectivity index (χ1) is 14.1. The summed E-state index contributed by atoms with van der Waals surface area (Å²) in [5.41, 5.74) is 3.16. The molecule has 3 aromatic rings. The Morgan fingerprint density at radius 2 is 1.72 bits per heavy atom. The van der Waals surface area contributed by atoms with Gasteiger partial charge in [-0.1, -0.05) is 38.3 Å². The number of benzene rings is 2. The molecule has 0 amide bonds. The number of halogens is 1. The number of rotatable bonds is 10. The average Bonchev–Trinajstić information content (AvgIpc) is 3.26. The summed E-state index contributed by atoms with van der Waals surface area (Å²) in [5.74, 6) is 2.42. The Labute approximate surface area is 178 Å². The molecule has 1 aromatic heterocycles. The third-order valence-electron chi connectivity index (χ3n) is 4.91. The lowest BCUT2D eigenvalue weighted by molar-refractivity contribution is 0.476. The van der Waals surface area contributed by atoms with E-state index >= 15 is 0 Å². The minimum Gasteiger partial charge on any atom is -0.455 e. The van der Waals surface area contributed by atoms with Crippen LogP contribution in [0, 0.1) is 6.92 Å². The maximum atomic E-state index is 6.36. The van der Waals surface area contributed by atoms with Gasteiger partial charge in [-0.15, -0.1) is 0 Å². The maximum Gasteiger partial charge on any atom is 0.181 e. The summed E-state index contributed by atoms with van der Waals surface area (Å²) in [6, 6.07) is 11.7. The summed E-state index contributed by atoms with van der Waals surface area (Å²) in [6.07, 6.45) is 7.79. The van der Waals surface area contributed by atoms with E-state index in [-0.39, 0.29) is 0 Å². The quantitative estimate of drug-likeness (QED) is 0.345. The van der Waals surface area contributed by atoms with Crippen molar-refractivity contribution < 1.29 is 9.15 Å². The summed E-state index contributed by atoms with van der Waals surface area (Å²) >= 11 is 6.04. The lowest BCUT2D eigenvalue weighted by Crippen LogP contribution is -2.26. The fourth-order valence-corrected chi connectivity index (χ4v) is 3.42. The average molecular weight is 413 g/mol. The molecule has 4 nitrogen and oxygen atoms in total. The fourth-order valence-electron chi connectivity index (χ4n) is 3.29. The minimum absolute atomic E-state index is 0.697. The minimum atomic E-state index is 0.697. The lowest BCUT2D eigenvalue weighted by atomic mass is 10.1. The molecule has 0 fully saturated rings. The molecular weight excluding hydrogens is 384 g/mol. The monoisotopic (exact) mass is 412 g/mol. The molecule has 0 atom stereocenters. The highest BCUT2D eigenvalue weighted by atomic mass is 35.5. The van der Waals surface area contributed by atoms with E-state index in [4.69, 9.17) is 20.8 Å². The van der Waals surface area contributed by atoms with Crippen molar-refractivity contribution in [3.63, 3.8) is 0 Å². The maximum absolute atomic E-state index is 6.36. The summed E-state index contributed by atoms with van der Waals surface area (Å²) in [6.45, 7) is 8.50. The molecule has 0 aliphatic rings. The van der Waals surface area contributed by atoms with Crippen LogP contribution >= 0.6 is 11.6 Å². The zero-order valence-corrected chi connectivity index (χ0v) is 18.2. The first-order valence-electron chi connectivity index (χ1n) is 10.3. The Hall–Kier alpha value is -2.46. The van der Waals surface area contributed by atoms with Crippen LogP contribution in [0.4, 0.5) is 5.69 Å². The predicted octanol–water partition coefficient (Wildman–Crippen LogP) is 7.50. The van der Waals surface area contributed by atoms with Crippen molar-refractivity contribution in [1.82, 2.24) is 4.98 Å². The van der Waals surface area contributed by atoms with Gasteiger partial charge in [-0.05, 0) is 61.7 Å². The molecule has 0 saturated carbocycles. The SMILES string of the molecule is CCCCN(CCCC)c1cc(-c2cnco2)cc(C)c1Oc1ccc(Cl)cc1. The van der Waals surface area contributed by atoms with E-state index in [1.165, 1.54) is 6.39 Å². The van der Waals surface area contributed by atoms with Gasteiger partial charge in [-0.25, -0.2) is 4.98 Å². The van der Waals surface area contributed by atoms with Crippen LogP contribution in [0.5, 0.6) is 11.5 Å². The summed E-state index contributed by atoms with van der Waals surface area (Å²) in [5, 5.41) is 0.697. The smallest absolute Gasteiger partial charge is 0.181 e. The van der Waals surface area contributed by atoms with Crippen molar-refractivity contribution in [3.8, 4) is 22.8 Å². The highest BCUT2D eigenvalue weighted by Crippen LogP contribution is 2.40. The van der Waals surface area contributed by atoms with Crippen molar-refractivity contribution in [2.45, 2.75) is 46.5 Å². The number of aromatic nitrogens is 1. The molecule has 0 aliphatic heterocycles. The molecule has 1 heterocycles. The van der Waals surface area contributed by atoms with Crippen LogP contribution in [0.3, 0.4) is 0 Å². The molecule has 5 heteroatoms. The van der Waals surface area contributed by atoms with Gasteiger partial charge in [0.1, 0.15) is 5.75 Å². The molecule has 0 unspecified atom stereocenters. The molecule has 0 saturated heterocycles. The van der Waals surface area contributed by atoms with E-state index < -0.39 is 0 Å². The van der Waals surface area contributed by atoms with Gasteiger partial charge in [0.25, 0.3) is 0 Å². The Morgan fingerprint density at radius 1 is 1.03 bits per heavy atom. The number of oxazole rings is 1. The second kappa shape index (κ2) is 10.4. The van der Waals surface area contributed by atoms with Gasteiger partial charge in [-0.3, -0.25) is 0 Å². The summed E-state index contributed by atoms with van der Waals surface area (Å²) in [4.78, 5) is 6.51. The molecule has 3 rings (SSSR count). The van der Waals surface area contributed by atoms with Gasteiger partial charge in [0.2, 0.25) is 0 Å². The fraction of sp³-hybridized carbons (Fsp3) is 0.375. The molecular formula is C24H29ClN2O2. The van der Waals surface area contributed by atoms with Crippen molar-refractivity contribution in [1.29, 1.82) is 0 Å². The number of hydrogen-bond acceptors (Lipinski definition) is 4. The third kappa shape index (κ3) is 5.54. The number of anilines is 1. The molecule has 0 aliphatic carbocycles. The van der Waals surface area contributed by atoms with Crippen LogP contribution in [0.25, 0.3) is 11.3 Å². The zero-order valence-electron chi connectivity index (χ0n) is 17.5. The standard InChI is InChI=1S/C24H29ClN2O2/c1-4-6-12-27(13-7-5-2)22-15-19(23-16-26-17-28-23)14-18(3)24(22)29-21-10-8-20(25)9-11-21/h8-11,14-17H,4-7,12-13H2,1-3H3. The lowest BCUT2D eigenvalue weighted by Gasteiger charge is -2.28. The highest BCUT2D eigenvalue weighted by Gasteiger charge is 2.18. The largest absolute Gasteiger partial charge is 0.455 e. The Morgan fingerprint density at radius 3 is 2.31 bits per heavy atom. The van der Waals surface area contributed by atoms with Crippen LogP contribution in [0.1, 0.15) is 45.1 Å².